The van der Waals surface area contributed by atoms with Gasteiger partial charge in [-0.25, -0.2) is 0 Å². The van der Waals surface area contributed by atoms with E-state index in [0.717, 1.165) is 0 Å². The van der Waals surface area contributed by atoms with Gasteiger partial charge >= 0.3 is 0 Å². The van der Waals surface area contributed by atoms with E-state index < -0.39 is 5.91 Å². The number of pyridine rings is 1. The summed E-state index contributed by atoms with van der Waals surface area (Å²) >= 11 is 14.7. The minimum Gasteiger partial charge on any atom is -0.321 e. The summed E-state index contributed by atoms with van der Waals surface area (Å²) in [5.74, 6) is -0.427. The van der Waals surface area contributed by atoms with E-state index in [1.165, 1.54) is 6.07 Å². The van der Waals surface area contributed by atoms with Crippen molar-refractivity contribution < 1.29 is 4.79 Å². The monoisotopic (exact) mass is 346 g/mol. The minimum atomic E-state index is -0.427. The fourth-order valence-corrected chi connectivity index (χ4v) is 1.85. The second-order valence-corrected chi connectivity index (χ2v) is 4.78. The van der Waals surface area contributed by atoms with Crippen LogP contribution in [-0.2, 0) is 0 Å². The molecule has 0 spiro atoms. The quantitative estimate of drug-likeness (QED) is 0.905. The average molecular weight is 348 g/mol. The van der Waals surface area contributed by atoms with Crippen LogP contribution in [0, 0.1) is 0 Å². The number of hydrogen-bond donors (Lipinski definition) is 1. The number of amides is 1. The first kappa shape index (κ1) is 13.2. The first-order valence-electron chi connectivity index (χ1n) is 4.67. The van der Waals surface area contributed by atoms with Crippen LogP contribution < -0.4 is 5.32 Å². The van der Waals surface area contributed by atoms with Gasteiger partial charge in [-0.05, 0) is 28.1 Å². The molecule has 0 saturated heterocycles. The first-order chi connectivity index (χ1) is 8.58. The molecule has 0 radical (unpaired) electrons. The Labute approximate surface area is 121 Å². The molecule has 0 aliphatic carbocycles. The highest BCUT2D eigenvalue weighted by Gasteiger charge is 2.14. The Morgan fingerprint density at radius 2 is 2.11 bits per heavy atom. The maximum Gasteiger partial charge on any atom is 0.259 e. The molecule has 0 bridgehead atoms. The summed E-state index contributed by atoms with van der Waals surface area (Å²) in [7, 11) is 0. The van der Waals surface area contributed by atoms with E-state index in [9.17, 15) is 4.79 Å². The number of carbonyl (C=O) groups is 1. The first-order valence-corrected chi connectivity index (χ1v) is 6.22. The van der Waals surface area contributed by atoms with Gasteiger partial charge < -0.3 is 5.32 Å². The fourth-order valence-electron chi connectivity index (χ4n) is 1.18. The Kier molecular flexibility index (Phi) is 4.11. The number of hydrogen-bond acceptors (Lipinski definition) is 4. The van der Waals surface area contributed by atoms with Gasteiger partial charge in [-0.3, -0.25) is 9.78 Å². The summed E-state index contributed by atoms with van der Waals surface area (Å²) in [6.07, 6.45) is 3.12. The highest BCUT2D eigenvalue weighted by Crippen LogP contribution is 2.22. The highest BCUT2D eigenvalue weighted by atomic mass is 79.9. The molecule has 2 aromatic rings. The van der Waals surface area contributed by atoms with E-state index >= 15 is 0 Å². The van der Waals surface area contributed by atoms with Crippen LogP contribution in [0.4, 0.5) is 5.69 Å². The molecule has 0 aliphatic rings. The van der Waals surface area contributed by atoms with Crippen molar-refractivity contribution in [3.05, 3.63) is 44.9 Å². The molecule has 92 valence electrons. The molecular formula is C10H5BrCl2N4O. The second kappa shape index (κ2) is 5.60. The molecule has 8 heteroatoms. The molecular weight excluding hydrogens is 343 g/mol. The number of rotatable bonds is 2. The third kappa shape index (κ3) is 2.95. The normalized spacial score (nSPS) is 10.2. The lowest BCUT2D eigenvalue weighted by Crippen LogP contribution is -2.14. The zero-order valence-electron chi connectivity index (χ0n) is 8.69. The van der Waals surface area contributed by atoms with Crippen molar-refractivity contribution in [1.82, 2.24) is 15.2 Å². The molecule has 0 atom stereocenters. The average Bonchev–Trinajstić information content (AvgIpc) is 2.35. The van der Waals surface area contributed by atoms with Gasteiger partial charge in [0.05, 0.1) is 15.7 Å². The summed E-state index contributed by atoms with van der Waals surface area (Å²) in [5.41, 5.74) is 0.722. The van der Waals surface area contributed by atoms with Crippen molar-refractivity contribution in [3.8, 4) is 0 Å². The molecule has 1 N–H and O–H groups in total. The molecule has 2 aromatic heterocycles. The second-order valence-electron chi connectivity index (χ2n) is 3.18. The standard InChI is InChI=1S/C10H5BrCl2N4O/c11-6-4-14-2-1-7(6)15-10(18)5-3-8(12)16-17-9(5)13/h1-4H,(H,14,15,18). The van der Waals surface area contributed by atoms with Gasteiger partial charge in [0.1, 0.15) is 0 Å². The Balaban J connectivity index is 2.28. The van der Waals surface area contributed by atoms with E-state index in [1.807, 2.05) is 0 Å². The van der Waals surface area contributed by atoms with E-state index in [1.54, 1.807) is 18.5 Å². The number of nitrogens with one attached hydrogen (secondary N) is 1. The van der Waals surface area contributed by atoms with Crippen LogP contribution in [0.15, 0.2) is 29.0 Å². The lowest BCUT2D eigenvalue weighted by molar-refractivity contribution is 0.102. The van der Waals surface area contributed by atoms with Gasteiger partial charge in [0.2, 0.25) is 0 Å². The van der Waals surface area contributed by atoms with E-state index in [0.29, 0.717) is 10.2 Å². The van der Waals surface area contributed by atoms with Crippen LogP contribution in [0.5, 0.6) is 0 Å². The molecule has 18 heavy (non-hydrogen) atoms. The van der Waals surface area contributed by atoms with Crippen molar-refractivity contribution in [2.24, 2.45) is 0 Å². The zero-order valence-corrected chi connectivity index (χ0v) is 11.8. The number of halogens is 3. The third-order valence-electron chi connectivity index (χ3n) is 1.98. The van der Waals surface area contributed by atoms with Gasteiger partial charge in [0.15, 0.2) is 10.3 Å². The largest absolute Gasteiger partial charge is 0.321 e. The Morgan fingerprint density at radius 3 is 2.83 bits per heavy atom. The van der Waals surface area contributed by atoms with Gasteiger partial charge in [-0.15, -0.1) is 10.2 Å². The Bertz CT molecular complexity index is 608. The minimum absolute atomic E-state index is 0.0120. The maximum atomic E-state index is 12.0. The van der Waals surface area contributed by atoms with Crippen LogP contribution in [0.25, 0.3) is 0 Å². The van der Waals surface area contributed by atoms with Crippen LogP contribution in [-0.4, -0.2) is 21.1 Å². The Morgan fingerprint density at radius 1 is 1.33 bits per heavy atom. The Hall–Kier alpha value is -1.24. The molecule has 0 fully saturated rings. The number of aromatic nitrogens is 3. The number of nitrogens with zero attached hydrogens (tertiary/aromatic N) is 3. The van der Waals surface area contributed by atoms with E-state index in [2.05, 4.69) is 36.4 Å². The summed E-state index contributed by atoms with van der Waals surface area (Å²) in [5, 5.41) is 9.83. The summed E-state index contributed by atoms with van der Waals surface area (Å²) in [6.45, 7) is 0. The van der Waals surface area contributed by atoms with Crippen molar-refractivity contribution in [2.45, 2.75) is 0 Å². The van der Waals surface area contributed by atoms with Crippen molar-refractivity contribution >= 4 is 50.7 Å². The van der Waals surface area contributed by atoms with E-state index in [4.69, 9.17) is 23.2 Å². The summed E-state index contributed by atoms with van der Waals surface area (Å²) < 4.78 is 0.655. The van der Waals surface area contributed by atoms with E-state index in [-0.39, 0.29) is 15.9 Å². The van der Waals surface area contributed by atoms with Gasteiger partial charge in [-0.2, -0.15) is 0 Å². The molecule has 0 aliphatic heterocycles. The van der Waals surface area contributed by atoms with Crippen molar-refractivity contribution in [2.75, 3.05) is 5.32 Å². The predicted octanol–water partition coefficient (Wildman–Crippen LogP) is 3.19. The molecule has 2 rings (SSSR count). The lowest BCUT2D eigenvalue weighted by atomic mass is 10.3. The molecule has 0 saturated carbocycles. The number of carbonyl (C=O) groups excluding carboxylic acids is 1. The van der Waals surface area contributed by atoms with Crippen molar-refractivity contribution in [3.63, 3.8) is 0 Å². The predicted molar refractivity (Wildman–Crippen MR) is 71.9 cm³/mol. The smallest absolute Gasteiger partial charge is 0.259 e. The van der Waals surface area contributed by atoms with Gasteiger partial charge in [-0.1, -0.05) is 23.2 Å². The molecule has 0 aromatic carbocycles. The lowest BCUT2D eigenvalue weighted by Gasteiger charge is -2.07. The maximum absolute atomic E-state index is 12.0. The zero-order chi connectivity index (χ0) is 13.1. The SMILES string of the molecule is O=C(Nc1ccncc1Br)c1cc(Cl)nnc1Cl. The van der Waals surface area contributed by atoms with Crippen molar-refractivity contribution in [1.29, 1.82) is 0 Å². The van der Waals surface area contributed by atoms with Crippen LogP contribution >= 0.6 is 39.1 Å². The molecule has 2 heterocycles. The van der Waals surface area contributed by atoms with Crippen LogP contribution in [0.2, 0.25) is 10.3 Å². The number of anilines is 1. The third-order valence-corrected chi connectivity index (χ3v) is 3.08. The summed E-state index contributed by atoms with van der Waals surface area (Å²) in [4.78, 5) is 15.9. The van der Waals surface area contributed by atoms with Gasteiger partial charge in [0, 0.05) is 12.4 Å². The molecule has 0 unspecified atom stereocenters. The van der Waals surface area contributed by atoms with Crippen LogP contribution in [0.3, 0.4) is 0 Å². The topological polar surface area (TPSA) is 67.8 Å². The molecule has 5 nitrogen and oxygen atoms in total. The molecule has 1 amide bonds. The van der Waals surface area contributed by atoms with Crippen LogP contribution in [0.1, 0.15) is 10.4 Å². The highest BCUT2D eigenvalue weighted by molar-refractivity contribution is 9.10. The van der Waals surface area contributed by atoms with Gasteiger partial charge in [0.25, 0.3) is 5.91 Å². The fraction of sp³-hybridized carbons (Fsp3) is 0. The summed E-state index contributed by atoms with van der Waals surface area (Å²) in [6, 6.07) is 2.99.